The van der Waals surface area contributed by atoms with Crippen molar-refractivity contribution in [2.75, 3.05) is 13.2 Å². The molecule has 0 unspecified atom stereocenters. The molecule has 1 aliphatic heterocycles. The molecule has 1 saturated heterocycles. The molecule has 1 aliphatic rings. The van der Waals surface area contributed by atoms with Crippen molar-refractivity contribution in [3.05, 3.63) is 41.4 Å². The van der Waals surface area contributed by atoms with Crippen molar-refractivity contribution in [2.45, 2.75) is 31.7 Å². The lowest BCUT2D eigenvalue weighted by Gasteiger charge is -2.35. The van der Waals surface area contributed by atoms with Crippen LogP contribution in [0.15, 0.2) is 35.8 Å². The highest BCUT2D eigenvalue weighted by atomic mass is 32.1. The molecule has 1 aromatic heterocycles. The topological polar surface area (TPSA) is 53.4 Å². The molecule has 0 spiro atoms. The van der Waals surface area contributed by atoms with Crippen LogP contribution in [0.5, 0.6) is 0 Å². The summed E-state index contributed by atoms with van der Waals surface area (Å²) in [6.45, 7) is 0.915. The van der Waals surface area contributed by atoms with Crippen molar-refractivity contribution in [1.29, 1.82) is 0 Å². The summed E-state index contributed by atoms with van der Waals surface area (Å²) in [5.41, 5.74) is 1.69. The fraction of sp³-hybridized carbons (Fsp3) is 0.412. The Bertz CT molecular complexity index is 625. The van der Waals surface area contributed by atoms with E-state index in [2.05, 4.69) is 4.98 Å². The Kier molecular flexibility index (Phi) is 4.85. The summed E-state index contributed by atoms with van der Waals surface area (Å²) in [6, 6.07) is 7.84. The summed E-state index contributed by atoms with van der Waals surface area (Å²) in [7, 11) is 0. The Morgan fingerprint density at radius 2 is 2.32 bits per heavy atom. The molecule has 0 bridgehead atoms. The van der Waals surface area contributed by atoms with Crippen LogP contribution >= 0.6 is 11.3 Å². The van der Waals surface area contributed by atoms with Crippen LogP contribution in [-0.2, 0) is 0 Å². The number of hydrogen-bond donors (Lipinski definition) is 1. The number of carbonyl (C=O) groups is 1. The quantitative estimate of drug-likeness (QED) is 0.942. The molecular formula is C17H20N2O2S. The summed E-state index contributed by atoms with van der Waals surface area (Å²) >= 11 is 1.57. The lowest BCUT2D eigenvalue weighted by molar-refractivity contribution is 0.0574. The molecule has 1 fully saturated rings. The van der Waals surface area contributed by atoms with Gasteiger partial charge in [-0.3, -0.25) is 4.79 Å². The summed E-state index contributed by atoms with van der Waals surface area (Å²) in [5.74, 6) is 0.0663. The van der Waals surface area contributed by atoms with Gasteiger partial charge >= 0.3 is 0 Å². The van der Waals surface area contributed by atoms with E-state index < -0.39 is 0 Å². The zero-order valence-corrected chi connectivity index (χ0v) is 13.3. The van der Waals surface area contributed by atoms with Crippen molar-refractivity contribution in [3.8, 4) is 10.6 Å². The van der Waals surface area contributed by atoms with Crippen molar-refractivity contribution in [2.24, 2.45) is 0 Å². The summed E-state index contributed by atoms with van der Waals surface area (Å²) < 4.78 is 0. The van der Waals surface area contributed by atoms with E-state index in [1.54, 1.807) is 17.5 Å². The largest absolute Gasteiger partial charge is 0.396 e. The first-order valence-corrected chi connectivity index (χ1v) is 8.59. The Morgan fingerprint density at radius 1 is 1.41 bits per heavy atom. The highest BCUT2D eigenvalue weighted by Crippen LogP contribution is 2.25. The van der Waals surface area contributed by atoms with Crippen LogP contribution in [0.3, 0.4) is 0 Å². The normalized spacial score (nSPS) is 18.4. The molecule has 2 aromatic rings. The second-order valence-electron chi connectivity index (χ2n) is 5.58. The molecule has 1 atom stereocenters. The first kappa shape index (κ1) is 15.2. The van der Waals surface area contributed by atoms with E-state index in [1.807, 2.05) is 34.5 Å². The molecule has 1 N–H and O–H groups in total. The number of hydrogen-bond acceptors (Lipinski definition) is 4. The average Bonchev–Trinajstić information content (AvgIpc) is 3.10. The summed E-state index contributed by atoms with van der Waals surface area (Å²) in [4.78, 5) is 19.1. The highest BCUT2D eigenvalue weighted by Gasteiger charge is 2.27. The van der Waals surface area contributed by atoms with E-state index in [4.69, 9.17) is 0 Å². The number of nitrogens with zero attached hydrogens (tertiary/aromatic N) is 2. The molecule has 4 nitrogen and oxygen atoms in total. The predicted molar refractivity (Wildman–Crippen MR) is 87.9 cm³/mol. The molecule has 2 heterocycles. The van der Waals surface area contributed by atoms with Crippen molar-refractivity contribution in [1.82, 2.24) is 9.88 Å². The highest BCUT2D eigenvalue weighted by molar-refractivity contribution is 7.13. The smallest absolute Gasteiger partial charge is 0.254 e. The minimum atomic E-state index is 0.0663. The predicted octanol–water partition coefficient (Wildman–Crippen LogP) is 3.19. The van der Waals surface area contributed by atoms with Gasteiger partial charge in [-0.05, 0) is 37.8 Å². The number of rotatable bonds is 4. The molecular weight excluding hydrogens is 296 g/mol. The van der Waals surface area contributed by atoms with Gasteiger partial charge < -0.3 is 10.0 Å². The Balaban J connectivity index is 1.83. The van der Waals surface area contributed by atoms with E-state index >= 15 is 0 Å². The lowest BCUT2D eigenvalue weighted by Crippen LogP contribution is -2.44. The first-order chi connectivity index (χ1) is 10.8. The maximum atomic E-state index is 12.8. The molecule has 5 heteroatoms. The van der Waals surface area contributed by atoms with Gasteiger partial charge in [-0.2, -0.15) is 0 Å². The molecule has 0 radical (unpaired) electrons. The fourth-order valence-corrected chi connectivity index (χ4v) is 3.67. The Hall–Kier alpha value is -1.72. The molecule has 0 aliphatic carbocycles. The summed E-state index contributed by atoms with van der Waals surface area (Å²) in [5, 5.41) is 12.1. The van der Waals surface area contributed by atoms with E-state index in [1.165, 1.54) is 0 Å². The molecule has 22 heavy (non-hydrogen) atoms. The number of aromatic nitrogens is 1. The van der Waals surface area contributed by atoms with Crippen LogP contribution in [0.1, 0.15) is 36.0 Å². The third-order valence-corrected chi connectivity index (χ3v) is 4.96. The SMILES string of the molecule is O=C(c1cccc(-c2nccs2)c1)N1CCCC[C@@H]1CCO. The Labute approximate surface area is 134 Å². The van der Waals surface area contributed by atoms with Crippen LogP contribution in [0.4, 0.5) is 0 Å². The number of aliphatic hydroxyl groups excluding tert-OH is 1. The van der Waals surface area contributed by atoms with E-state index in [0.29, 0.717) is 12.0 Å². The number of thiazole rings is 1. The number of amides is 1. The number of likely N-dealkylation sites (tertiary alicyclic amines) is 1. The average molecular weight is 316 g/mol. The molecule has 3 rings (SSSR count). The zero-order chi connectivity index (χ0) is 15.4. The fourth-order valence-electron chi connectivity index (χ4n) is 3.03. The van der Waals surface area contributed by atoms with E-state index in [0.717, 1.165) is 36.4 Å². The van der Waals surface area contributed by atoms with Crippen molar-refractivity contribution >= 4 is 17.2 Å². The van der Waals surface area contributed by atoms with Crippen molar-refractivity contribution < 1.29 is 9.90 Å². The third kappa shape index (κ3) is 3.20. The summed E-state index contributed by atoms with van der Waals surface area (Å²) in [6.07, 6.45) is 5.60. The third-order valence-electron chi connectivity index (χ3n) is 4.14. The second-order valence-corrected chi connectivity index (χ2v) is 6.47. The van der Waals surface area contributed by atoms with Gasteiger partial charge in [0.1, 0.15) is 5.01 Å². The number of aliphatic hydroxyl groups is 1. The van der Waals surface area contributed by atoms with E-state index in [-0.39, 0.29) is 18.6 Å². The van der Waals surface area contributed by atoms with Crippen LogP contribution in [-0.4, -0.2) is 40.1 Å². The van der Waals surface area contributed by atoms with E-state index in [9.17, 15) is 9.90 Å². The molecule has 1 amide bonds. The van der Waals surface area contributed by atoms with Gasteiger partial charge in [0.2, 0.25) is 0 Å². The lowest BCUT2D eigenvalue weighted by atomic mass is 9.98. The van der Waals surface area contributed by atoms with Crippen LogP contribution in [0.2, 0.25) is 0 Å². The zero-order valence-electron chi connectivity index (χ0n) is 12.4. The van der Waals surface area contributed by atoms with Crippen LogP contribution < -0.4 is 0 Å². The van der Waals surface area contributed by atoms with Gasteiger partial charge in [0, 0.05) is 41.9 Å². The van der Waals surface area contributed by atoms with Gasteiger partial charge in [-0.15, -0.1) is 11.3 Å². The maximum absolute atomic E-state index is 12.8. The van der Waals surface area contributed by atoms with Gasteiger partial charge in [-0.1, -0.05) is 12.1 Å². The number of piperidine rings is 1. The van der Waals surface area contributed by atoms with Crippen LogP contribution in [0.25, 0.3) is 10.6 Å². The molecule has 0 saturated carbocycles. The van der Waals surface area contributed by atoms with Gasteiger partial charge in [0.25, 0.3) is 5.91 Å². The van der Waals surface area contributed by atoms with Gasteiger partial charge in [0.15, 0.2) is 0 Å². The van der Waals surface area contributed by atoms with Gasteiger partial charge in [-0.25, -0.2) is 4.98 Å². The van der Waals surface area contributed by atoms with Gasteiger partial charge in [0.05, 0.1) is 0 Å². The van der Waals surface area contributed by atoms with Crippen molar-refractivity contribution in [3.63, 3.8) is 0 Å². The Morgan fingerprint density at radius 3 is 3.09 bits per heavy atom. The molecule has 116 valence electrons. The first-order valence-electron chi connectivity index (χ1n) is 7.71. The maximum Gasteiger partial charge on any atom is 0.254 e. The number of carbonyl (C=O) groups excluding carboxylic acids is 1. The molecule has 1 aromatic carbocycles. The minimum absolute atomic E-state index is 0.0663. The standard InChI is InChI=1S/C17H20N2O2S/c20-10-7-15-6-1-2-9-19(15)17(21)14-5-3-4-13(12-14)16-18-8-11-22-16/h3-5,8,11-12,15,20H,1-2,6-7,9-10H2/t15-/m1/s1. The minimum Gasteiger partial charge on any atom is -0.396 e. The second kappa shape index (κ2) is 7.03. The van der Waals surface area contributed by atoms with Crippen LogP contribution in [0, 0.1) is 0 Å². The number of benzene rings is 1. The monoisotopic (exact) mass is 316 g/mol.